The van der Waals surface area contributed by atoms with Gasteiger partial charge in [0.15, 0.2) is 0 Å². The van der Waals surface area contributed by atoms with Crippen LogP contribution in [0.25, 0.3) is 0 Å². The largest absolute Gasteiger partial charge is 0.508 e. The number of para-hydroxylation sites is 1. The fourth-order valence-corrected chi connectivity index (χ4v) is 3.79. The molecule has 2 atom stereocenters. The molecule has 0 radical (unpaired) electrons. The van der Waals surface area contributed by atoms with E-state index in [2.05, 4.69) is 13.8 Å². The van der Waals surface area contributed by atoms with Crippen molar-refractivity contribution in [3.63, 3.8) is 0 Å². The molecular formula is C24H31NO4. The summed E-state index contributed by atoms with van der Waals surface area (Å²) in [6, 6.07) is 13.1. The van der Waals surface area contributed by atoms with Gasteiger partial charge in [0.25, 0.3) is 0 Å². The lowest BCUT2D eigenvalue weighted by Crippen LogP contribution is -2.39. The van der Waals surface area contributed by atoms with Crippen molar-refractivity contribution >= 4 is 11.8 Å². The Morgan fingerprint density at radius 3 is 2.62 bits per heavy atom. The lowest BCUT2D eigenvalue weighted by atomic mass is 9.82. The number of benzene rings is 2. The third-order valence-electron chi connectivity index (χ3n) is 5.88. The highest BCUT2D eigenvalue weighted by Gasteiger charge is 2.31. The number of rotatable bonds is 7. The van der Waals surface area contributed by atoms with Gasteiger partial charge in [-0.25, -0.2) is 4.79 Å². The number of ether oxygens (including phenoxy) is 1. The van der Waals surface area contributed by atoms with Crippen LogP contribution in [0.3, 0.4) is 0 Å². The minimum absolute atomic E-state index is 0.0504. The van der Waals surface area contributed by atoms with E-state index in [4.69, 9.17) is 4.74 Å². The maximum atomic E-state index is 12.4. The van der Waals surface area contributed by atoms with Gasteiger partial charge in [-0.3, -0.25) is 4.90 Å². The van der Waals surface area contributed by atoms with E-state index in [9.17, 15) is 15.0 Å². The highest BCUT2D eigenvalue weighted by Crippen LogP contribution is 2.37. The summed E-state index contributed by atoms with van der Waals surface area (Å²) in [5.74, 6) is 0.240. The molecule has 2 aromatic rings. The number of nitrogens with zero attached hydrogens (tertiary/aromatic N) is 1. The number of carbonyl (C=O) groups excluding carboxylic acids is 1. The molecule has 0 saturated heterocycles. The molecule has 0 aliphatic carbocycles. The Labute approximate surface area is 172 Å². The first-order valence-electron chi connectivity index (χ1n) is 10.2. The number of phenolic OH excluding ortho intramolecular Hbond substituents is 1. The number of aromatic hydroxyl groups is 1. The van der Waals surface area contributed by atoms with Crippen LogP contribution in [0.2, 0.25) is 0 Å². The summed E-state index contributed by atoms with van der Waals surface area (Å²) in [6.07, 6.45) is 1.13. The molecule has 1 aliphatic rings. The second-order valence-electron chi connectivity index (χ2n) is 8.75. The summed E-state index contributed by atoms with van der Waals surface area (Å²) >= 11 is 0. The van der Waals surface area contributed by atoms with Crippen LogP contribution in [0.4, 0.5) is 10.5 Å². The number of hydrogen-bond acceptors (Lipinski definition) is 4. The van der Waals surface area contributed by atoms with Crippen LogP contribution < -0.4 is 4.90 Å². The molecule has 0 saturated carbocycles. The Morgan fingerprint density at radius 2 is 1.90 bits per heavy atom. The van der Waals surface area contributed by atoms with E-state index >= 15 is 0 Å². The summed E-state index contributed by atoms with van der Waals surface area (Å²) in [5.41, 5.74) is 3.48. The predicted molar refractivity (Wildman–Crippen MR) is 114 cm³/mol. The lowest BCUT2D eigenvalue weighted by molar-refractivity contribution is 0.106. The van der Waals surface area contributed by atoms with E-state index in [-0.39, 0.29) is 23.4 Å². The topological polar surface area (TPSA) is 70.0 Å². The van der Waals surface area contributed by atoms with Crippen molar-refractivity contribution in [1.82, 2.24) is 0 Å². The average Bonchev–Trinajstić information content (AvgIpc) is 2.68. The van der Waals surface area contributed by atoms with Crippen molar-refractivity contribution in [3.8, 4) is 5.75 Å². The number of amides is 1. The third kappa shape index (κ3) is 4.91. The Hall–Kier alpha value is -2.53. The number of cyclic esters (lactones) is 1. The molecule has 1 amide bonds. The molecule has 2 N–H and O–H groups in total. The molecular weight excluding hydrogens is 366 g/mol. The number of hydrogen-bond donors (Lipinski definition) is 2. The molecule has 1 aliphatic heterocycles. The summed E-state index contributed by atoms with van der Waals surface area (Å²) in [6.45, 7) is 8.61. The number of aryl methyl sites for hydroxylation is 1. The number of aliphatic hydroxyl groups is 1. The zero-order valence-electron chi connectivity index (χ0n) is 17.7. The number of anilines is 1. The summed E-state index contributed by atoms with van der Waals surface area (Å²) in [5, 5.41) is 20.2. The van der Waals surface area contributed by atoms with Crippen LogP contribution in [0.5, 0.6) is 5.75 Å². The first-order valence-corrected chi connectivity index (χ1v) is 10.2. The number of fused-ring (bicyclic) bond motifs is 1. The van der Waals surface area contributed by atoms with Gasteiger partial charge >= 0.3 is 6.09 Å². The van der Waals surface area contributed by atoms with Gasteiger partial charge in [0.2, 0.25) is 0 Å². The van der Waals surface area contributed by atoms with Crippen molar-refractivity contribution in [3.05, 3.63) is 59.2 Å². The van der Waals surface area contributed by atoms with E-state index in [0.29, 0.717) is 13.0 Å². The molecule has 29 heavy (non-hydrogen) atoms. The first kappa shape index (κ1) is 21.2. The zero-order valence-corrected chi connectivity index (χ0v) is 17.7. The summed E-state index contributed by atoms with van der Waals surface area (Å²) in [4.78, 5) is 14.2. The Morgan fingerprint density at radius 1 is 1.17 bits per heavy atom. The van der Waals surface area contributed by atoms with Gasteiger partial charge in [-0.15, -0.1) is 0 Å². The van der Waals surface area contributed by atoms with Crippen LogP contribution in [0.1, 0.15) is 68.9 Å². The third-order valence-corrected chi connectivity index (χ3v) is 5.88. The van der Waals surface area contributed by atoms with Crippen molar-refractivity contribution in [2.45, 2.75) is 59.2 Å². The van der Waals surface area contributed by atoms with Crippen LogP contribution in [0, 0.1) is 12.3 Å². The van der Waals surface area contributed by atoms with E-state index in [1.54, 1.807) is 17.0 Å². The monoisotopic (exact) mass is 397 g/mol. The summed E-state index contributed by atoms with van der Waals surface area (Å²) < 4.78 is 5.49. The number of carbonyl (C=O) groups is 1. The quantitative estimate of drug-likeness (QED) is 0.633. The molecule has 2 aromatic carbocycles. The van der Waals surface area contributed by atoms with E-state index in [0.717, 1.165) is 35.2 Å². The fraction of sp³-hybridized carbons (Fsp3) is 0.458. The van der Waals surface area contributed by atoms with Crippen LogP contribution in [-0.2, 0) is 4.74 Å². The van der Waals surface area contributed by atoms with Gasteiger partial charge < -0.3 is 14.9 Å². The minimum atomic E-state index is -0.574. The average molecular weight is 398 g/mol. The number of phenols is 1. The minimum Gasteiger partial charge on any atom is -0.508 e. The SMILES string of the molecule is Cc1cc(C(O)CCC(C)(C)CCN2C(=O)OC(C)c3ccccc32)ccc1O. The van der Waals surface area contributed by atoms with Gasteiger partial charge in [0, 0.05) is 12.1 Å². The van der Waals surface area contributed by atoms with Crippen LogP contribution in [-0.4, -0.2) is 22.9 Å². The normalized spacial score (nSPS) is 17.6. The van der Waals surface area contributed by atoms with Gasteiger partial charge in [0.05, 0.1) is 11.8 Å². The first-order chi connectivity index (χ1) is 13.7. The Kier molecular flexibility index (Phi) is 6.18. The van der Waals surface area contributed by atoms with Crippen LogP contribution in [0.15, 0.2) is 42.5 Å². The van der Waals surface area contributed by atoms with Crippen LogP contribution >= 0.6 is 0 Å². The Balaban J connectivity index is 1.60. The van der Waals surface area contributed by atoms with E-state index < -0.39 is 6.10 Å². The fourth-order valence-electron chi connectivity index (χ4n) is 3.79. The number of aliphatic hydroxyl groups excluding tert-OH is 1. The molecule has 3 rings (SSSR count). The Bertz CT molecular complexity index is 877. The molecule has 1 heterocycles. The standard InChI is InChI=1S/C24H31NO4/c1-16-15-18(9-10-21(16)26)22(27)11-12-24(3,4)13-14-25-20-8-6-5-7-19(20)17(2)29-23(25)28/h5-10,15,17,22,26-27H,11-14H2,1-4H3. The second kappa shape index (κ2) is 8.46. The molecule has 0 fully saturated rings. The maximum absolute atomic E-state index is 12.4. The van der Waals surface area contributed by atoms with Gasteiger partial charge in [0.1, 0.15) is 11.9 Å². The summed E-state index contributed by atoms with van der Waals surface area (Å²) in [7, 11) is 0. The van der Waals surface area contributed by atoms with Crippen molar-refractivity contribution < 1.29 is 19.7 Å². The molecule has 0 bridgehead atoms. The second-order valence-corrected chi connectivity index (χ2v) is 8.75. The van der Waals surface area contributed by atoms with E-state index in [1.165, 1.54) is 0 Å². The molecule has 5 nitrogen and oxygen atoms in total. The maximum Gasteiger partial charge on any atom is 0.414 e. The van der Waals surface area contributed by atoms with Gasteiger partial charge in [-0.2, -0.15) is 0 Å². The lowest BCUT2D eigenvalue weighted by Gasteiger charge is -2.35. The van der Waals surface area contributed by atoms with E-state index in [1.807, 2.05) is 44.2 Å². The van der Waals surface area contributed by atoms with Gasteiger partial charge in [-0.05, 0) is 67.9 Å². The predicted octanol–water partition coefficient (Wildman–Crippen LogP) is 5.65. The molecule has 156 valence electrons. The molecule has 5 heteroatoms. The zero-order chi connectivity index (χ0) is 21.2. The molecule has 2 unspecified atom stereocenters. The smallest absolute Gasteiger partial charge is 0.414 e. The highest BCUT2D eigenvalue weighted by atomic mass is 16.6. The molecule has 0 spiro atoms. The van der Waals surface area contributed by atoms with Gasteiger partial charge in [-0.1, -0.05) is 38.1 Å². The van der Waals surface area contributed by atoms with Crippen molar-refractivity contribution in [2.75, 3.05) is 11.4 Å². The van der Waals surface area contributed by atoms with Crippen molar-refractivity contribution in [2.24, 2.45) is 5.41 Å². The molecule has 0 aromatic heterocycles. The highest BCUT2D eigenvalue weighted by molar-refractivity contribution is 5.90. The van der Waals surface area contributed by atoms with Crippen molar-refractivity contribution in [1.29, 1.82) is 0 Å².